The molecule has 1 aromatic rings. The number of rotatable bonds is 2. The third-order valence-corrected chi connectivity index (χ3v) is 1.87. The van der Waals surface area contributed by atoms with Gasteiger partial charge in [0.25, 0.3) is 0 Å². The van der Waals surface area contributed by atoms with E-state index in [4.69, 9.17) is 11.6 Å². The summed E-state index contributed by atoms with van der Waals surface area (Å²) in [7, 11) is 0. The molecule has 0 aliphatic rings. The molecule has 0 heterocycles. The minimum absolute atomic E-state index is 0.193. The molecule has 0 saturated carbocycles. The van der Waals surface area contributed by atoms with Crippen LogP contribution in [-0.2, 0) is 6.18 Å². The first-order valence-electron chi connectivity index (χ1n) is 4.04. The Kier molecular flexibility index (Phi) is 3.74. The van der Waals surface area contributed by atoms with Crippen LogP contribution >= 0.6 is 11.6 Å². The van der Waals surface area contributed by atoms with Crippen molar-refractivity contribution in [1.82, 2.24) is 0 Å². The molecule has 0 amide bonds. The van der Waals surface area contributed by atoms with Gasteiger partial charge in [-0.3, -0.25) is 0 Å². The topological polar surface area (TPSA) is 0 Å². The standard InChI is InChI=1S/C10H7ClF4/c11-5-1-2-7-3-4-9(12)8(6-7)10(13,14)15/h1-4,6H,5H2. The molecule has 0 unspecified atom stereocenters. The zero-order chi connectivity index (χ0) is 11.5. The molecule has 0 saturated heterocycles. The van der Waals surface area contributed by atoms with Gasteiger partial charge in [0, 0.05) is 5.88 Å². The lowest BCUT2D eigenvalue weighted by Gasteiger charge is -2.08. The smallest absolute Gasteiger partial charge is 0.206 e. The highest BCUT2D eigenvalue weighted by molar-refractivity contribution is 6.19. The van der Waals surface area contributed by atoms with Crippen LogP contribution in [0.3, 0.4) is 0 Å². The lowest BCUT2D eigenvalue weighted by atomic mass is 10.1. The molecule has 1 aromatic carbocycles. The molecule has 0 aliphatic heterocycles. The molecule has 0 aliphatic carbocycles. The normalized spacial score (nSPS) is 12.3. The van der Waals surface area contributed by atoms with Gasteiger partial charge in [-0.2, -0.15) is 13.2 Å². The zero-order valence-corrected chi connectivity index (χ0v) is 8.24. The summed E-state index contributed by atoms with van der Waals surface area (Å²) in [5.74, 6) is -1.08. The summed E-state index contributed by atoms with van der Waals surface area (Å²) in [6, 6.07) is 2.79. The van der Waals surface area contributed by atoms with Crippen molar-refractivity contribution in [3.63, 3.8) is 0 Å². The van der Waals surface area contributed by atoms with Crippen molar-refractivity contribution >= 4 is 17.7 Å². The second-order valence-electron chi connectivity index (χ2n) is 2.79. The highest BCUT2D eigenvalue weighted by Crippen LogP contribution is 2.32. The summed E-state index contributed by atoms with van der Waals surface area (Å²) in [5.41, 5.74) is -0.997. The van der Waals surface area contributed by atoms with Gasteiger partial charge in [0.05, 0.1) is 5.56 Å². The molecular weight excluding hydrogens is 232 g/mol. The van der Waals surface area contributed by atoms with E-state index in [-0.39, 0.29) is 11.4 Å². The van der Waals surface area contributed by atoms with Gasteiger partial charge in [0.1, 0.15) is 5.82 Å². The summed E-state index contributed by atoms with van der Waals surface area (Å²) in [6.45, 7) is 0. The average Bonchev–Trinajstić information content (AvgIpc) is 2.15. The van der Waals surface area contributed by atoms with Crippen LogP contribution in [0.1, 0.15) is 11.1 Å². The molecule has 5 heteroatoms. The van der Waals surface area contributed by atoms with Crippen molar-refractivity contribution in [2.45, 2.75) is 6.18 Å². The van der Waals surface area contributed by atoms with Crippen LogP contribution in [-0.4, -0.2) is 5.88 Å². The van der Waals surface area contributed by atoms with E-state index < -0.39 is 17.6 Å². The quantitative estimate of drug-likeness (QED) is 0.538. The van der Waals surface area contributed by atoms with Crippen LogP contribution in [0.5, 0.6) is 0 Å². The van der Waals surface area contributed by atoms with Gasteiger partial charge in [0.2, 0.25) is 0 Å². The van der Waals surface area contributed by atoms with E-state index in [0.29, 0.717) is 0 Å². The fourth-order valence-corrected chi connectivity index (χ4v) is 1.13. The molecule has 0 nitrogen and oxygen atoms in total. The number of alkyl halides is 4. The molecule has 0 aromatic heterocycles. The fraction of sp³-hybridized carbons (Fsp3) is 0.200. The van der Waals surface area contributed by atoms with Gasteiger partial charge in [-0.25, -0.2) is 4.39 Å². The summed E-state index contributed by atoms with van der Waals surface area (Å²) < 4.78 is 49.6. The minimum Gasteiger partial charge on any atom is -0.206 e. The Hall–Kier alpha value is -1.03. The Morgan fingerprint density at radius 1 is 1.27 bits per heavy atom. The van der Waals surface area contributed by atoms with Crippen molar-refractivity contribution < 1.29 is 17.6 Å². The third kappa shape index (κ3) is 3.23. The van der Waals surface area contributed by atoms with Gasteiger partial charge in [0.15, 0.2) is 0 Å². The first-order valence-corrected chi connectivity index (χ1v) is 4.58. The van der Waals surface area contributed by atoms with Gasteiger partial charge >= 0.3 is 6.18 Å². The Bertz CT molecular complexity index is 368. The van der Waals surface area contributed by atoms with Crippen molar-refractivity contribution in [2.24, 2.45) is 0 Å². The molecule has 0 radical (unpaired) electrons. The van der Waals surface area contributed by atoms with E-state index in [9.17, 15) is 17.6 Å². The van der Waals surface area contributed by atoms with Crippen molar-refractivity contribution in [1.29, 1.82) is 0 Å². The van der Waals surface area contributed by atoms with E-state index in [1.165, 1.54) is 18.2 Å². The Balaban J connectivity index is 3.11. The minimum atomic E-state index is -4.67. The largest absolute Gasteiger partial charge is 0.419 e. The van der Waals surface area contributed by atoms with Crippen LogP contribution in [0.15, 0.2) is 24.3 Å². The Morgan fingerprint density at radius 2 is 1.93 bits per heavy atom. The van der Waals surface area contributed by atoms with E-state index in [1.54, 1.807) is 0 Å². The molecule has 0 bridgehead atoms. The van der Waals surface area contributed by atoms with Crippen LogP contribution < -0.4 is 0 Å². The number of hydrogen-bond acceptors (Lipinski definition) is 0. The monoisotopic (exact) mass is 238 g/mol. The van der Waals surface area contributed by atoms with Crippen LogP contribution in [0.2, 0.25) is 0 Å². The molecular formula is C10H7ClF4. The highest BCUT2D eigenvalue weighted by atomic mass is 35.5. The molecule has 15 heavy (non-hydrogen) atoms. The van der Waals surface area contributed by atoms with E-state index >= 15 is 0 Å². The van der Waals surface area contributed by atoms with Crippen molar-refractivity contribution in [2.75, 3.05) is 5.88 Å². The summed E-state index contributed by atoms with van der Waals surface area (Å²) in [5, 5.41) is 0. The molecule has 0 spiro atoms. The maximum Gasteiger partial charge on any atom is 0.419 e. The number of allylic oxidation sites excluding steroid dienone is 1. The van der Waals surface area contributed by atoms with E-state index in [1.807, 2.05) is 0 Å². The molecule has 1 rings (SSSR count). The van der Waals surface area contributed by atoms with Gasteiger partial charge < -0.3 is 0 Å². The summed E-state index contributed by atoms with van der Waals surface area (Å²) >= 11 is 5.33. The predicted molar refractivity (Wildman–Crippen MR) is 51.2 cm³/mol. The second-order valence-corrected chi connectivity index (χ2v) is 3.10. The number of hydrogen-bond donors (Lipinski definition) is 0. The summed E-state index contributed by atoms with van der Waals surface area (Å²) in [4.78, 5) is 0. The Morgan fingerprint density at radius 3 is 2.47 bits per heavy atom. The van der Waals surface area contributed by atoms with Gasteiger partial charge in [-0.1, -0.05) is 18.2 Å². The first kappa shape index (κ1) is 12.0. The molecule has 82 valence electrons. The van der Waals surface area contributed by atoms with Crippen LogP contribution in [0, 0.1) is 5.82 Å². The number of halogens is 5. The fourth-order valence-electron chi connectivity index (χ4n) is 1.04. The predicted octanol–water partition coefficient (Wildman–Crippen LogP) is 4.10. The Labute approximate surface area is 89.2 Å². The van der Waals surface area contributed by atoms with Crippen LogP contribution in [0.4, 0.5) is 17.6 Å². The summed E-state index contributed by atoms with van der Waals surface area (Å²) in [6.07, 6.45) is -1.79. The maximum atomic E-state index is 12.8. The van der Waals surface area contributed by atoms with Crippen LogP contribution in [0.25, 0.3) is 6.08 Å². The molecule has 0 atom stereocenters. The maximum absolute atomic E-state index is 12.8. The lowest BCUT2D eigenvalue weighted by molar-refractivity contribution is -0.140. The van der Waals surface area contributed by atoms with Crippen molar-refractivity contribution in [3.8, 4) is 0 Å². The average molecular weight is 239 g/mol. The first-order chi connectivity index (χ1) is 6.95. The highest BCUT2D eigenvalue weighted by Gasteiger charge is 2.33. The zero-order valence-electron chi connectivity index (χ0n) is 7.48. The third-order valence-electron chi connectivity index (χ3n) is 1.70. The SMILES string of the molecule is Fc1ccc(C=CCCl)cc1C(F)(F)F. The molecule has 0 N–H and O–H groups in total. The van der Waals surface area contributed by atoms with E-state index in [0.717, 1.165) is 12.1 Å². The number of benzene rings is 1. The van der Waals surface area contributed by atoms with Gasteiger partial charge in [-0.05, 0) is 17.7 Å². The van der Waals surface area contributed by atoms with Gasteiger partial charge in [-0.15, -0.1) is 11.6 Å². The van der Waals surface area contributed by atoms with Crippen molar-refractivity contribution in [3.05, 3.63) is 41.2 Å². The molecule has 0 fully saturated rings. The second kappa shape index (κ2) is 4.66. The van der Waals surface area contributed by atoms with E-state index in [2.05, 4.69) is 0 Å². The lowest BCUT2D eigenvalue weighted by Crippen LogP contribution is -2.08.